The maximum absolute atomic E-state index is 11.6. The van der Waals surface area contributed by atoms with Gasteiger partial charge >= 0.3 is 5.97 Å². The largest absolute Gasteiger partial charge is 0.481 e. The third-order valence-electron chi connectivity index (χ3n) is 2.71. The van der Waals surface area contributed by atoms with Crippen LogP contribution in [0.5, 0.6) is 0 Å². The van der Waals surface area contributed by atoms with Crippen LogP contribution < -0.4 is 5.32 Å². The third kappa shape index (κ3) is 2.35. The van der Waals surface area contributed by atoms with Gasteiger partial charge in [0, 0.05) is 6.04 Å². The average Bonchev–Trinajstić information content (AvgIpc) is 2.87. The number of rotatable bonds is 3. The number of hydrogen-bond acceptors (Lipinski definition) is 5. The van der Waals surface area contributed by atoms with Gasteiger partial charge in [0.15, 0.2) is 5.69 Å². The fourth-order valence-electron chi connectivity index (χ4n) is 1.86. The van der Waals surface area contributed by atoms with Crippen LogP contribution in [0, 0.1) is 5.92 Å². The Labute approximate surface area is 96.0 Å². The van der Waals surface area contributed by atoms with Crippen LogP contribution in [-0.4, -0.2) is 31.8 Å². The lowest BCUT2D eigenvalue weighted by molar-refractivity contribution is -0.141. The molecule has 0 aliphatic heterocycles. The molecule has 1 fully saturated rings. The molecule has 1 aliphatic carbocycles. The quantitative estimate of drug-likeness (QED) is 0.805. The van der Waals surface area contributed by atoms with E-state index in [1.165, 1.54) is 6.20 Å². The van der Waals surface area contributed by atoms with Crippen LogP contribution in [-0.2, 0) is 4.79 Å². The Morgan fingerprint density at radius 1 is 1.50 bits per heavy atom. The van der Waals surface area contributed by atoms with Gasteiger partial charge in [-0.05, 0) is 19.3 Å². The average molecular weight is 241 g/mol. The summed E-state index contributed by atoms with van der Waals surface area (Å²) in [4.78, 5) is 22.3. The Bertz CT molecular complexity index is 393. The van der Waals surface area contributed by atoms with Crippen molar-refractivity contribution >= 4 is 23.6 Å². The van der Waals surface area contributed by atoms with Crippen LogP contribution in [0.2, 0.25) is 0 Å². The summed E-state index contributed by atoms with van der Waals surface area (Å²) in [5.41, 5.74) is 0.295. The van der Waals surface area contributed by atoms with Crippen LogP contribution >= 0.6 is 11.7 Å². The highest BCUT2D eigenvalue weighted by atomic mass is 32.1. The normalized spacial score (nSPS) is 24.2. The summed E-state index contributed by atoms with van der Waals surface area (Å²) in [6.07, 6.45) is 3.23. The van der Waals surface area contributed by atoms with Crippen LogP contribution in [0.1, 0.15) is 29.8 Å². The first-order chi connectivity index (χ1) is 7.66. The van der Waals surface area contributed by atoms with E-state index < -0.39 is 5.97 Å². The lowest BCUT2D eigenvalue weighted by Gasteiger charge is -2.10. The van der Waals surface area contributed by atoms with Crippen LogP contribution in [0.25, 0.3) is 0 Å². The van der Waals surface area contributed by atoms with Crippen molar-refractivity contribution < 1.29 is 14.7 Å². The number of aliphatic carboxylic acids is 1. The lowest BCUT2D eigenvalue weighted by Crippen LogP contribution is -2.33. The van der Waals surface area contributed by atoms with E-state index in [0.29, 0.717) is 25.0 Å². The molecule has 6 nitrogen and oxygen atoms in total. The molecule has 1 heterocycles. The predicted octanol–water partition coefficient (Wildman–Crippen LogP) is 0.521. The molecular formula is C9H11N3O3S. The molecule has 0 saturated heterocycles. The van der Waals surface area contributed by atoms with E-state index in [0.717, 1.165) is 11.7 Å². The molecule has 1 amide bonds. The van der Waals surface area contributed by atoms with Gasteiger partial charge in [-0.2, -0.15) is 8.75 Å². The number of carbonyl (C=O) groups excluding carboxylic acids is 1. The molecule has 0 aromatic carbocycles. The molecule has 16 heavy (non-hydrogen) atoms. The fraction of sp³-hybridized carbons (Fsp3) is 0.556. The standard InChI is InChI=1S/C9H11N3O3S/c13-8(7-4-10-16-12-7)11-6-2-1-5(3-6)9(14)15/h4-6H,1-3H2,(H,11,13)(H,14,15)/t5-,6+/m1/s1. The lowest BCUT2D eigenvalue weighted by atomic mass is 10.1. The molecule has 0 radical (unpaired) electrons. The Morgan fingerprint density at radius 3 is 2.88 bits per heavy atom. The van der Waals surface area contributed by atoms with Crippen molar-refractivity contribution in [3.8, 4) is 0 Å². The van der Waals surface area contributed by atoms with Crippen molar-refractivity contribution in [2.45, 2.75) is 25.3 Å². The van der Waals surface area contributed by atoms with Crippen LogP contribution in [0.15, 0.2) is 6.20 Å². The molecule has 2 rings (SSSR count). The van der Waals surface area contributed by atoms with E-state index in [1.807, 2.05) is 0 Å². The zero-order chi connectivity index (χ0) is 11.5. The minimum atomic E-state index is -0.785. The van der Waals surface area contributed by atoms with Crippen molar-refractivity contribution in [1.82, 2.24) is 14.1 Å². The Hall–Kier alpha value is -1.50. The third-order valence-corrected chi connectivity index (χ3v) is 3.19. The smallest absolute Gasteiger partial charge is 0.306 e. The van der Waals surface area contributed by atoms with Crippen LogP contribution in [0.4, 0.5) is 0 Å². The minimum Gasteiger partial charge on any atom is -0.481 e. The minimum absolute atomic E-state index is 0.0599. The number of hydrogen-bond donors (Lipinski definition) is 2. The summed E-state index contributed by atoms with van der Waals surface area (Å²) < 4.78 is 7.55. The monoisotopic (exact) mass is 241 g/mol. The predicted molar refractivity (Wildman–Crippen MR) is 56.1 cm³/mol. The van der Waals surface area contributed by atoms with Gasteiger partial charge in [-0.15, -0.1) is 0 Å². The van der Waals surface area contributed by atoms with Crippen molar-refractivity contribution in [2.75, 3.05) is 0 Å². The zero-order valence-electron chi connectivity index (χ0n) is 8.42. The van der Waals surface area contributed by atoms with E-state index in [9.17, 15) is 9.59 Å². The summed E-state index contributed by atoms with van der Waals surface area (Å²) in [6, 6.07) is -0.0599. The highest BCUT2D eigenvalue weighted by Crippen LogP contribution is 2.25. The van der Waals surface area contributed by atoms with Crippen molar-refractivity contribution in [2.24, 2.45) is 5.92 Å². The van der Waals surface area contributed by atoms with Gasteiger partial charge in [0.1, 0.15) is 0 Å². The van der Waals surface area contributed by atoms with Crippen molar-refractivity contribution in [1.29, 1.82) is 0 Å². The van der Waals surface area contributed by atoms with E-state index in [-0.39, 0.29) is 17.9 Å². The van der Waals surface area contributed by atoms with E-state index in [1.54, 1.807) is 0 Å². The Kier molecular flexibility index (Phi) is 3.14. The maximum Gasteiger partial charge on any atom is 0.306 e. The van der Waals surface area contributed by atoms with E-state index in [4.69, 9.17) is 5.11 Å². The van der Waals surface area contributed by atoms with Crippen molar-refractivity contribution in [3.05, 3.63) is 11.9 Å². The molecule has 7 heteroatoms. The van der Waals surface area contributed by atoms with E-state index >= 15 is 0 Å². The molecule has 86 valence electrons. The van der Waals surface area contributed by atoms with Gasteiger partial charge in [-0.1, -0.05) is 0 Å². The first-order valence-electron chi connectivity index (χ1n) is 4.98. The number of carboxylic acid groups (broad SMARTS) is 1. The number of amides is 1. The van der Waals surface area contributed by atoms with Gasteiger partial charge in [0.2, 0.25) is 0 Å². The van der Waals surface area contributed by atoms with Gasteiger partial charge in [-0.25, -0.2) is 0 Å². The SMILES string of the molecule is O=C(N[C@H]1CC[C@@H](C(=O)O)C1)c1cnsn1. The van der Waals surface area contributed by atoms with Crippen LogP contribution in [0.3, 0.4) is 0 Å². The molecule has 1 saturated carbocycles. The first-order valence-corrected chi connectivity index (χ1v) is 5.71. The molecule has 0 bridgehead atoms. The second-order valence-corrected chi connectivity index (χ2v) is 4.37. The van der Waals surface area contributed by atoms with Gasteiger partial charge in [0.25, 0.3) is 5.91 Å². The second kappa shape index (κ2) is 4.56. The summed E-state index contributed by atoms with van der Waals surface area (Å²) in [5, 5.41) is 11.6. The number of carboxylic acids is 1. The Morgan fingerprint density at radius 2 is 2.31 bits per heavy atom. The number of nitrogens with zero attached hydrogens (tertiary/aromatic N) is 2. The molecule has 2 atom stereocenters. The molecule has 0 spiro atoms. The van der Waals surface area contributed by atoms with Gasteiger partial charge in [-0.3, -0.25) is 9.59 Å². The number of aromatic nitrogens is 2. The van der Waals surface area contributed by atoms with Gasteiger partial charge < -0.3 is 10.4 Å². The molecule has 1 aromatic rings. The molecule has 0 unspecified atom stereocenters. The maximum atomic E-state index is 11.6. The van der Waals surface area contributed by atoms with Crippen molar-refractivity contribution in [3.63, 3.8) is 0 Å². The summed E-state index contributed by atoms with van der Waals surface area (Å²) in [7, 11) is 0. The first kappa shape index (κ1) is 11.0. The number of carbonyl (C=O) groups is 2. The highest BCUT2D eigenvalue weighted by Gasteiger charge is 2.30. The molecule has 1 aromatic heterocycles. The van der Waals surface area contributed by atoms with Gasteiger partial charge in [0.05, 0.1) is 23.8 Å². The summed E-state index contributed by atoms with van der Waals surface area (Å²) in [5.74, 6) is -1.39. The molecule has 1 aliphatic rings. The molecular weight excluding hydrogens is 230 g/mol. The highest BCUT2D eigenvalue weighted by molar-refractivity contribution is 6.99. The Balaban J connectivity index is 1.88. The topological polar surface area (TPSA) is 92.2 Å². The fourth-order valence-corrected chi connectivity index (χ4v) is 2.27. The number of nitrogens with one attached hydrogen (secondary N) is 1. The molecule has 2 N–H and O–H groups in total. The summed E-state index contributed by atoms with van der Waals surface area (Å²) in [6.45, 7) is 0. The van der Waals surface area contributed by atoms with E-state index in [2.05, 4.69) is 14.1 Å². The second-order valence-electron chi connectivity index (χ2n) is 3.81. The zero-order valence-corrected chi connectivity index (χ0v) is 9.24. The summed E-state index contributed by atoms with van der Waals surface area (Å²) >= 11 is 0.976.